The van der Waals surface area contributed by atoms with Crippen LogP contribution in [0, 0.1) is 5.41 Å². The molecule has 0 atom stereocenters. The fourth-order valence-electron chi connectivity index (χ4n) is 1.50. The minimum atomic E-state index is -1.06. The van der Waals surface area contributed by atoms with Gasteiger partial charge in [0.25, 0.3) is 0 Å². The van der Waals surface area contributed by atoms with Gasteiger partial charge in [0, 0.05) is 13.2 Å². The molecule has 0 saturated carbocycles. The maximum Gasteiger partial charge on any atom is 0.371 e. The van der Waals surface area contributed by atoms with Crippen molar-refractivity contribution in [2.75, 3.05) is 13.2 Å². The van der Waals surface area contributed by atoms with E-state index in [1.807, 2.05) is 0 Å². The molecule has 3 N–H and O–H groups in total. The Balaban J connectivity index is 2.38. The van der Waals surface area contributed by atoms with E-state index in [-0.39, 0.29) is 17.8 Å². The van der Waals surface area contributed by atoms with Crippen LogP contribution in [0.5, 0.6) is 0 Å². The number of hydrogen-bond donors (Lipinski definition) is 3. The summed E-state index contributed by atoms with van der Waals surface area (Å²) in [5.74, 6) is -0.504. The second kappa shape index (κ2) is 5.84. The molecule has 1 aromatic heterocycles. The first-order valence-corrected chi connectivity index (χ1v) is 5.58. The molecule has 1 heterocycles. The summed E-state index contributed by atoms with van der Waals surface area (Å²) < 4.78 is 5.11. The first-order valence-electron chi connectivity index (χ1n) is 5.58. The van der Waals surface area contributed by atoms with Gasteiger partial charge in [0.05, 0.1) is 6.54 Å². The lowest BCUT2D eigenvalue weighted by atomic mass is 9.90. The first-order chi connectivity index (χ1) is 7.94. The van der Waals surface area contributed by atoms with Gasteiger partial charge in [-0.3, -0.25) is 0 Å². The summed E-state index contributed by atoms with van der Waals surface area (Å²) in [6, 6.07) is 3.09. The third kappa shape index (κ3) is 4.58. The Morgan fingerprint density at radius 2 is 2.18 bits per heavy atom. The van der Waals surface area contributed by atoms with Gasteiger partial charge in [-0.05, 0) is 24.0 Å². The Labute approximate surface area is 100 Å². The van der Waals surface area contributed by atoms with Gasteiger partial charge in [-0.1, -0.05) is 13.8 Å². The van der Waals surface area contributed by atoms with Crippen molar-refractivity contribution in [3.8, 4) is 0 Å². The quantitative estimate of drug-likeness (QED) is 0.673. The van der Waals surface area contributed by atoms with Crippen molar-refractivity contribution in [1.82, 2.24) is 5.32 Å². The fraction of sp³-hybridized carbons (Fsp3) is 0.583. The predicted molar refractivity (Wildman–Crippen MR) is 62.9 cm³/mol. The lowest BCUT2D eigenvalue weighted by Gasteiger charge is -2.23. The minimum absolute atomic E-state index is 0.0109. The van der Waals surface area contributed by atoms with Crippen molar-refractivity contribution in [2.24, 2.45) is 5.41 Å². The molecular formula is C12H19NO4. The van der Waals surface area contributed by atoms with Crippen molar-refractivity contribution < 1.29 is 19.4 Å². The number of aliphatic hydroxyl groups is 1. The van der Waals surface area contributed by atoms with Crippen LogP contribution >= 0.6 is 0 Å². The zero-order valence-electron chi connectivity index (χ0n) is 10.2. The maximum atomic E-state index is 10.6. The number of aromatic carboxylic acids is 1. The minimum Gasteiger partial charge on any atom is -0.475 e. The highest BCUT2D eigenvalue weighted by molar-refractivity contribution is 5.84. The van der Waals surface area contributed by atoms with E-state index in [4.69, 9.17) is 14.6 Å². The van der Waals surface area contributed by atoms with Gasteiger partial charge in [0.15, 0.2) is 0 Å². The molecule has 5 nitrogen and oxygen atoms in total. The number of rotatable bonds is 7. The molecule has 0 fully saturated rings. The predicted octanol–water partition coefficient (Wildman–Crippen LogP) is 1.48. The van der Waals surface area contributed by atoms with Gasteiger partial charge in [-0.2, -0.15) is 0 Å². The summed E-state index contributed by atoms with van der Waals surface area (Å²) in [4.78, 5) is 10.6. The van der Waals surface area contributed by atoms with E-state index in [9.17, 15) is 4.79 Å². The third-order valence-electron chi connectivity index (χ3n) is 2.56. The molecule has 1 aromatic rings. The topological polar surface area (TPSA) is 82.7 Å². The molecule has 0 aliphatic rings. The highest BCUT2D eigenvalue weighted by atomic mass is 16.4. The Kier molecular flexibility index (Phi) is 4.72. The molecule has 96 valence electrons. The van der Waals surface area contributed by atoms with Crippen molar-refractivity contribution in [2.45, 2.75) is 26.8 Å². The van der Waals surface area contributed by atoms with Crippen LogP contribution in [0.4, 0.5) is 0 Å². The van der Waals surface area contributed by atoms with Crippen molar-refractivity contribution in [1.29, 1.82) is 0 Å². The monoisotopic (exact) mass is 241 g/mol. The Morgan fingerprint density at radius 3 is 2.71 bits per heavy atom. The van der Waals surface area contributed by atoms with Gasteiger partial charge >= 0.3 is 5.97 Å². The van der Waals surface area contributed by atoms with Crippen LogP contribution in [-0.2, 0) is 6.54 Å². The van der Waals surface area contributed by atoms with E-state index in [1.165, 1.54) is 6.07 Å². The van der Waals surface area contributed by atoms with Gasteiger partial charge in [0.2, 0.25) is 5.76 Å². The van der Waals surface area contributed by atoms with Gasteiger partial charge in [-0.25, -0.2) is 4.79 Å². The van der Waals surface area contributed by atoms with Crippen molar-refractivity contribution >= 4 is 5.97 Å². The average molecular weight is 241 g/mol. The average Bonchev–Trinajstić information content (AvgIpc) is 2.66. The van der Waals surface area contributed by atoms with Gasteiger partial charge in [0.1, 0.15) is 5.76 Å². The fourth-order valence-corrected chi connectivity index (χ4v) is 1.50. The second-order valence-corrected chi connectivity index (χ2v) is 4.81. The van der Waals surface area contributed by atoms with Crippen LogP contribution in [0.1, 0.15) is 36.6 Å². The summed E-state index contributed by atoms with van der Waals surface area (Å²) >= 11 is 0. The molecule has 0 spiro atoms. The molecule has 1 rings (SSSR count). The van der Waals surface area contributed by atoms with Crippen LogP contribution in [0.25, 0.3) is 0 Å². The number of furan rings is 1. The Bertz CT molecular complexity index is 370. The van der Waals surface area contributed by atoms with E-state index in [0.717, 1.165) is 13.0 Å². The van der Waals surface area contributed by atoms with E-state index in [2.05, 4.69) is 19.2 Å². The molecule has 0 aliphatic heterocycles. The smallest absolute Gasteiger partial charge is 0.371 e. The Hall–Kier alpha value is -1.33. The molecule has 0 aliphatic carbocycles. The SMILES string of the molecule is CC(C)(CCO)CNCc1ccc(C(=O)O)o1. The summed E-state index contributed by atoms with van der Waals surface area (Å²) in [6.45, 7) is 5.50. The van der Waals surface area contributed by atoms with Crippen LogP contribution in [0.2, 0.25) is 0 Å². The van der Waals surface area contributed by atoms with E-state index in [1.54, 1.807) is 6.07 Å². The molecule has 0 unspecified atom stereocenters. The largest absolute Gasteiger partial charge is 0.475 e. The number of aliphatic hydroxyl groups excluding tert-OH is 1. The molecule has 5 heteroatoms. The van der Waals surface area contributed by atoms with E-state index >= 15 is 0 Å². The molecule has 0 bridgehead atoms. The van der Waals surface area contributed by atoms with Gasteiger partial charge in [-0.15, -0.1) is 0 Å². The van der Waals surface area contributed by atoms with Crippen molar-refractivity contribution in [3.63, 3.8) is 0 Å². The zero-order chi connectivity index (χ0) is 12.9. The summed E-state index contributed by atoms with van der Waals surface area (Å²) in [6.07, 6.45) is 0.721. The number of carbonyl (C=O) groups is 1. The molecule has 0 amide bonds. The number of hydrogen-bond acceptors (Lipinski definition) is 4. The summed E-state index contributed by atoms with van der Waals surface area (Å²) in [7, 11) is 0. The molecule has 0 aromatic carbocycles. The normalized spacial score (nSPS) is 11.7. The molecule has 0 radical (unpaired) electrons. The number of carboxylic acids is 1. The Morgan fingerprint density at radius 1 is 1.47 bits per heavy atom. The highest BCUT2D eigenvalue weighted by Crippen LogP contribution is 2.18. The van der Waals surface area contributed by atoms with Crippen LogP contribution in [0.15, 0.2) is 16.5 Å². The highest BCUT2D eigenvalue weighted by Gasteiger charge is 2.16. The molecule has 0 saturated heterocycles. The molecule has 17 heavy (non-hydrogen) atoms. The van der Waals surface area contributed by atoms with E-state index in [0.29, 0.717) is 12.3 Å². The van der Waals surface area contributed by atoms with Crippen LogP contribution in [0.3, 0.4) is 0 Å². The van der Waals surface area contributed by atoms with Crippen molar-refractivity contribution in [3.05, 3.63) is 23.7 Å². The third-order valence-corrected chi connectivity index (χ3v) is 2.56. The number of nitrogens with one attached hydrogen (secondary N) is 1. The lowest BCUT2D eigenvalue weighted by Crippen LogP contribution is -2.29. The van der Waals surface area contributed by atoms with E-state index < -0.39 is 5.97 Å². The van der Waals surface area contributed by atoms with Crippen LogP contribution < -0.4 is 5.32 Å². The first kappa shape index (κ1) is 13.7. The maximum absolute atomic E-state index is 10.6. The summed E-state index contributed by atoms with van der Waals surface area (Å²) in [5, 5.41) is 20.7. The zero-order valence-corrected chi connectivity index (χ0v) is 10.2. The standard InChI is InChI=1S/C12H19NO4/c1-12(2,5-6-14)8-13-7-9-3-4-10(17-9)11(15)16/h3-4,13-14H,5-8H2,1-2H3,(H,15,16). The number of carboxylic acid groups (broad SMARTS) is 1. The molecular weight excluding hydrogens is 222 g/mol. The van der Waals surface area contributed by atoms with Crippen LogP contribution in [-0.4, -0.2) is 29.3 Å². The summed E-state index contributed by atoms with van der Waals surface area (Å²) in [5.41, 5.74) is 0.0109. The lowest BCUT2D eigenvalue weighted by molar-refractivity contribution is 0.0660. The van der Waals surface area contributed by atoms with Gasteiger partial charge < -0.3 is 19.9 Å². The second-order valence-electron chi connectivity index (χ2n) is 4.81.